The van der Waals surface area contributed by atoms with Gasteiger partial charge in [0.1, 0.15) is 17.3 Å². The summed E-state index contributed by atoms with van der Waals surface area (Å²) in [6.45, 7) is 8.00. The topological polar surface area (TPSA) is 76.1 Å². The summed E-state index contributed by atoms with van der Waals surface area (Å²) in [4.78, 5) is 28.3. The smallest absolute Gasteiger partial charge is 0.300 e. The number of ketones is 1. The van der Waals surface area contributed by atoms with Gasteiger partial charge < -0.3 is 14.6 Å². The van der Waals surface area contributed by atoms with Gasteiger partial charge in [-0.3, -0.25) is 14.5 Å². The number of methoxy groups -OCH3 is 2. The van der Waals surface area contributed by atoms with Gasteiger partial charge in [-0.25, -0.2) is 0 Å². The molecule has 6 nitrogen and oxygen atoms in total. The molecule has 1 aliphatic rings. The van der Waals surface area contributed by atoms with Gasteiger partial charge in [-0.2, -0.15) is 0 Å². The Hall–Kier alpha value is -4.06. The van der Waals surface area contributed by atoms with Gasteiger partial charge in [0.05, 0.1) is 25.8 Å². The number of aliphatic hydroxyl groups excluding tert-OH is 1. The van der Waals surface area contributed by atoms with E-state index in [4.69, 9.17) is 9.47 Å². The van der Waals surface area contributed by atoms with Crippen molar-refractivity contribution >= 4 is 23.1 Å². The average molecular weight is 486 g/mol. The minimum atomic E-state index is -0.803. The molecule has 4 rings (SSSR count). The van der Waals surface area contributed by atoms with Crippen LogP contribution in [0, 0.1) is 13.8 Å². The Morgan fingerprint density at radius 1 is 0.889 bits per heavy atom. The second-order valence-electron chi connectivity index (χ2n) is 9.32. The van der Waals surface area contributed by atoms with Crippen LogP contribution >= 0.6 is 0 Å². The summed E-state index contributed by atoms with van der Waals surface area (Å²) < 4.78 is 10.8. The first-order chi connectivity index (χ1) is 17.2. The highest BCUT2D eigenvalue weighted by atomic mass is 16.5. The number of aliphatic hydroxyl groups is 1. The summed E-state index contributed by atoms with van der Waals surface area (Å²) in [5.41, 5.74) is 4.76. The highest BCUT2D eigenvalue weighted by Crippen LogP contribution is 2.43. The number of carbonyl (C=O) groups is 2. The summed E-state index contributed by atoms with van der Waals surface area (Å²) in [6, 6.07) is 17.3. The van der Waals surface area contributed by atoms with Crippen LogP contribution in [0.2, 0.25) is 0 Å². The molecule has 1 amide bonds. The van der Waals surface area contributed by atoms with E-state index in [9.17, 15) is 14.7 Å². The van der Waals surface area contributed by atoms with Crippen molar-refractivity contribution in [2.24, 2.45) is 0 Å². The quantitative estimate of drug-likeness (QED) is 0.261. The van der Waals surface area contributed by atoms with E-state index in [1.807, 2.05) is 64.1 Å². The molecule has 0 saturated carbocycles. The number of hydrogen-bond acceptors (Lipinski definition) is 5. The fourth-order valence-corrected chi connectivity index (χ4v) is 4.56. The molecule has 0 bridgehead atoms. The predicted octanol–water partition coefficient (Wildman–Crippen LogP) is 6.07. The predicted molar refractivity (Wildman–Crippen MR) is 141 cm³/mol. The van der Waals surface area contributed by atoms with E-state index in [0.29, 0.717) is 28.3 Å². The first kappa shape index (κ1) is 25.0. The molecule has 1 heterocycles. The van der Waals surface area contributed by atoms with Crippen LogP contribution in [0.3, 0.4) is 0 Å². The van der Waals surface area contributed by atoms with Crippen LogP contribution in [-0.4, -0.2) is 31.0 Å². The minimum Gasteiger partial charge on any atom is -0.507 e. The van der Waals surface area contributed by atoms with Gasteiger partial charge in [0, 0.05) is 11.3 Å². The van der Waals surface area contributed by atoms with Crippen molar-refractivity contribution < 1.29 is 24.2 Å². The lowest BCUT2D eigenvalue weighted by atomic mass is 9.93. The zero-order chi connectivity index (χ0) is 26.1. The van der Waals surface area contributed by atoms with E-state index in [-0.39, 0.29) is 17.3 Å². The van der Waals surface area contributed by atoms with Crippen LogP contribution in [0.25, 0.3) is 5.76 Å². The third-order valence-corrected chi connectivity index (χ3v) is 6.77. The van der Waals surface area contributed by atoms with Gasteiger partial charge in [0.25, 0.3) is 11.7 Å². The fraction of sp³-hybridized carbons (Fsp3) is 0.267. The van der Waals surface area contributed by atoms with E-state index in [1.165, 1.54) is 4.90 Å². The molecule has 1 unspecified atom stereocenters. The van der Waals surface area contributed by atoms with E-state index < -0.39 is 17.7 Å². The number of Topliss-reactive ketones (excluding diaryl/α,β-unsaturated/α-hetero) is 1. The number of amides is 1. The van der Waals surface area contributed by atoms with E-state index in [0.717, 1.165) is 16.7 Å². The molecule has 3 aromatic carbocycles. The van der Waals surface area contributed by atoms with Crippen molar-refractivity contribution in [3.63, 3.8) is 0 Å². The number of ether oxygens (including phenoxy) is 2. The van der Waals surface area contributed by atoms with Crippen LogP contribution in [0.1, 0.15) is 53.6 Å². The zero-order valence-corrected chi connectivity index (χ0v) is 21.5. The normalized spacial score (nSPS) is 17.1. The zero-order valence-electron chi connectivity index (χ0n) is 21.5. The van der Waals surface area contributed by atoms with Gasteiger partial charge in [-0.1, -0.05) is 32.0 Å². The van der Waals surface area contributed by atoms with Crippen LogP contribution < -0.4 is 14.4 Å². The number of anilines is 1. The van der Waals surface area contributed by atoms with Crippen molar-refractivity contribution in [3.8, 4) is 11.5 Å². The van der Waals surface area contributed by atoms with Gasteiger partial charge in [0.15, 0.2) is 0 Å². The molecule has 0 aliphatic carbocycles. The number of carbonyl (C=O) groups excluding carboxylic acids is 2. The maximum absolute atomic E-state index is 13.4. The molecule has 0 radical (unpaired) electrons. The maximum atomic E-state index is 13.4. The molecule has 0 spiro atoms. The molecule has 1 atom stereocenters. The van der Waals surface area contributed by atoms with Gasteiger partial charge in [0.2, 0.25) is 0 Å². The molecule has 1 aliphatic heterocycles. The number of benzene rings is 3. The Morgan fingerprint density at radius 3 is 2.17 bits per heavy atom. The standard InChI is InChI=1S/C30H31NO5/c1-17(2)24-16-21(10-14-25(24)36-6)28(32)26-27(20-8-12-23(35-5)13-9-20)31(30(34)29(26)33)22-11-7-18(3)19(4)15-22/h7-17,27,32H,1-6H3/b28-26-. The third kappa shape index (κ3) is 4.35. The van der Waals surface area contributed by atoms with Gasteiger partial charge in [-0.05, 0) is 84.5 Å². The maximum Gasteiger partial charge on any atom is 0.300 e. The Bertz CT molecular complexity index is 1350. The number of aryl methyl sites for hydroxylation is 2. The number of hydrogen-bond donors (Lipinski definition) is 1. The Morgan fingerprint density at radius 2 is 1.58 bits per heavy atom. The summed E-state index contributed by atoms with van der Waals surface area (Å²) in [5, 5.41) is 11.5. The molecular weight excluding hydrogens is 454 g/mol. The number of rotatable bonds is 6. The Labute approximate surface area is 211 Å². The minimum absolute atomic E-state index is 0.0447. The molecule has 3 aromatic rings. The lowest BCUT2D eigenvalue weighted by Crippen LogP contribution is -2.29. The summed E-state index contributed by atoms with van der Waals surface area (Å²) in [6.07, 6.45) is 0. The van der Waals surface area contributed by atoms with Crippen LogP contribution in [-0.2, 0) is 9.59 Å². The first-order valence-electron chi connectivity index (χ1n) is 11.9. The van der Waals surface area contributed by atoms with Crippen LogP contribution in [0.5, 0.6) is 11.5 Å². The van der Waals surface area contributed by atoms with Gasteiger partial charge >= 0.3 is 0 Å². The lowest BCUT2D eigenvalue weighted by Gasteiger charge is -2.26. The van der Waals surface area contributed by atoms with Crippen molar-refractivity contribution in [2.45, 2.75) is 39.7 Å². The summed E-state index contributed by atoms with van der Waals surface area (Å²) >= 11 is 0. The molecule has 36 heavy (non-hydrogen) atoms. The van der Waals surface area contributed by atoms with Crippen molar-refractivity contribution in [3.05, 3.63) is 94.1 Å². The molecule has 1 N–H and O–H groups in total. The highest BCUT2D eigenvalue weighted by Gasteiger charge is 2.47. The Balaban J connectivity index is 1.95. The van der Waals surface area contributed by atoms with Gasteiger partial charge in [-0.15, -0.1) is 0 Å². The monoisotopic (exact) mass is 485 g/mol. The van der Waals surface area contributed by atoms with Crippen LogP contribution in [0.4, 0.5) is 5.69 Å². The summed E-state index contributed by atoms with van der Waals surface area (Å²) in [5.74, 6) is -0.151. The lowest BCUT2D eigenvalue weighted by molar-refractivity contribution is -0.132. The SMILES string of the molecule is COc1ccc(C2/C(=C(/O)c3ccc(OC)c(C(C)C)c3)C(=O)C(=O)N2c2ccc(C)c(C)c2)cc1. The molecule has 186 valence electrons. The molecular formula is C30H31NO5. The van der Waals surface area contributed by atoms with E-state index >= 15 is 0 Å². The fourth-order valence-electron chi connectivity index (χ4n) is 4.56. The van der Waals surface area contributed by atoms with E-state index in [2.05, 4.69) is 0 Å². The van der Waals surface area contributed by atoms with Crippen molar-refractivity contribution in [1.29, 1.82) is 0 Å². The molecule has 1 fully saturated rings. The second-order valence-corrected chi connectivity index (χ2v) is 9.32. The first-order valence-corrected chi connectivity index (χ1v) is 11.9. The van der Waals surface area contributed by atoms with Crippen LogP contribution in [0.15, 0.2) is 66.2 Å². The summed E-state index contributed by atoms with van der Waals surface area (Å²) in [7, 11) is 3.17. The highest BCUT2D eigenvalue weighted by molar-refractivity contribution is 6.51. The molecule has 6 heteroatoms. The largest absolute Gasteiger partial charge is 0.507 e. The second kappa shape index (κ2) is 9.90. The third-order valence-electron chi connectivity index (χ3n) is 6.77. The average Bonchev–Trinajstić information content (AvgIpc) is 3.15. The number of nitrogens with zero attached hydrogens (tertiary/aromatic N) is 1. The molecule has 1 saturated heterocycles. The Kier molecular flexibility index (Phi) is 6.88. The molecule has 0 aromatic heterocycles. The van der Waals surface area contributed by atoms with E-state index in [1.54, 1.807) is 38.5 Å². The van der Waals surface area contributed by atoms with Crippen molar-refractivity contribution in [1.82, 2.24) is 0 Å². The van der Waals surface area contributed by atoms with Crippen molar-refractivity contribution in [2.75, 3.05) is 19.1 Å².